The van der Waals surface area contributed by atoms with E-state index in [1.165, 1.54) is 0 Å². The summed E-state index contributed by atoms with van der Waals surface area (Å²) in [4.78, 5) is 12.4. The Morgan fingerprint density at radius 1 is 1.14 bits per heavy atom. The second kappa shape index (κ2) is 10.9. The lowest BCUT2D eigenvalue weighted by Crippen LogP contribution is -2.23. The van der Waals surface area contributed by atoms with Crippen LogP contribution in [0.1, 0.15) is 30.6 Å². The summed E-state index contributed by atoms with van der Waals surface area (Å²) >= 11 is 0. The summed E-state index contributed by atoms with van der Waals surface area (Å²) in [6.07, 6.45) is -0.875. The van der Waals surface area contributed by atoms with E-state index in [0.717, 1.165) is 0 Å². The molecule has 0 unspecified atom stereocenters. The molecule has 1 amide bonds. The number of ether oxygens (including phenoxy) is 2. The molecule has 0 aromatic heterocycles. The highest BCUT2D eigenvalue weighted by Gasteiger charge is 2.26. The van der Waals surface area contributed by atoms with E-state index in [1.807, 2.05) is 19.1 Å². The van der Waals surface area contributed by atoms with Gasteiger partial charge in [-0.25, -0.2) is 4.79 Å². The van der Waals surface area contributed by atoms with Gasteiger partial charge in [0.15, 0.2) is 0 Å². The Kier molecular flexibility index (Phi) is 8.28. The maximum absolute atomic E-state index is 12.4. The molecule has 0 fully saturated rings. The van der Waals surface area contributed by atoms with Gasteiger partial charge in [-0.1, -0.05) is 25.1 Å². The number of nitrogens with one attached hydrogen (secondary N) is 1. The Morgan fingerprint density at radius 3 is 2.50 bits per heavy atom. The van der Waals surface area contributed by atoms with Crippen LogP contribution in [0, 0.1) is 17.2 Å². The van der Waals surface area contributed by atoms with E-state index in [4.69, 9.17) is 19.8 Å². The van der Waals surface area contributed by atoms with E-state index in [9.17, 15) is 9.90 Å². The van der Waals surface area contributed by atoms with E-state index in [-0.39, 0.29) is 25.7 Å². The van der Waals surface area contributed by atoms with E-state index >= 15 is 0 Å². The van der Waals surface area contributed by atoms with Crippen molar-refractivity contribution in [2.45, 2.75) is 19.4 Å². The summed E-state index contributed by atoms with van der Waals surface area (Å²) in [6.45, 7) is 1.82. The SMILES string of the molecule is C[C@H](CCO)[C@@H](OC(=O)Nc1ccc(C#N)cc1)c1ccccc1OCCO. The fraction of sp³-hybridized carbons (Fsp3) is 0.333. The molecule has 2 rings (SSSR count). The molecule has 2 aromatic carbocycles. The largest absolute Gasteiger partial charge is 0.491 e. The van der Waals surface area contributed by atoms with Gasteiger partial charge in [0.05, 0.1) is 18.2 Å². The number of rotatable bonds is 9. The Balaban J connectivity index is 2.19. The number of hydrogen-bond donors (Lipinski definition) is 3. The van der Waals surface area contributed by atoms with Crippen molar-refractivity contribution in [3.05, 3.63) is 59.7 Å². The van der Waals surface area contributed by atoms with Crippen LogP contribution >= 0.6 is 0 Å². The average molecular weight is 384 g/mol. The number of nitrogens with zero attached hydrogens (tertiary/aromatic N) is 1. The molecule has 2 aromatic rings. The number of para-hydroxylation sites is 1. The standard InChI is InChI=1S/C21H24N2O5/c1-15(10-11-24)20(18-4-2-3-5-19(18)27-13-12-25)28-21(26)23-17-8-6-16(14-22)7-9-17/h2-9,15,20,24-25H,10-13H2,1H3,(H,23,26)/t15-,20-/m1/s1. The molecule has 0 saturated heterocycles. The predicted molar refractivity (Wildman–Crippen MR) is 104 cm³/mol. The van der Waals surface area contributed by atoms with E-state index in [1.54, 1.807) is 42.5 Å². The van der Waals surface area contributed by atoms with Crippen molar-refractivity contribution in [1.29, 1.82) is 5.26 Å². The van der Waals surface area contributed by atoms with Gasteiger partial charge in [-0.05, 0) is 42.7 Å². The van der Waals surface area contributed by atoms with Gasteiger partial charge in [-0.2, -0.15) is 5.26 Å². The van der Waals surface area contributed by atoms with Crippen LogP contribution in [-0.4, -0.2) is 36.1 Å². The van der Waals surface area contributed by atoms with Crippen LogP contribution < -0.4 is 10.1 Å². The molecular weight excluding hydrogens is 360 g/mol. The van der Waals surface area contributed by atoms with Gasteiger partial charge in [-0.3, -0.25) is 5.32 Å². The smallest absolute Gasteiger partial charge is 0.412 e. The zero-order valence-corrected chi connectivity index (χ0v) is 15.7. The Hall–Kier alpha value is -3.08. The van der Waals surface area contributed by atoms with Crippen molar-refractivity contribution in [3.63, 3.8) is 0 Å². The van der Waals surface area contributed by atoms with E-state index < -0.39 is 12.2 Å². The zero-order valence-electron chi connectivity index (χ0n) is 15.7. The van der Waals surface area contributed by atoms with Gasteiger partial charge in [0.25, 0.3) is 0 Å². The highest BCUT2D eigenvalue weighted by molar-refractivity contribution is 5.84. The van der Waals surface area contributed by atoms with Crippen LogP contribution in [0.2, 0.25) is 0 Å². The molecule has 3 N–H and O–H groups in total. The van der Waals surface area contributed by atoms with Crippen LogP contribution in [0.3, 0.4) is 0 Å². The molecule has 148 valence electrons. The van der Waals surface area contributed by atoms with E-state index in [2.05, 4.69) is 5.32 Å². The lowest BCUT2D eigenvalue weighted by atomic mass is 9.94. The molecule has 0 aliphatic heterocycles. The molecule has 0 bridgehead atoms. The summed E-state index contributed by atoms with van der Waals surface area (Å²) in [5.74, 6) is 0.341. The highest BCUT2D eigenvalue weighted by atomic mass is 16.6. The number of carbonyl (C=O) groups is 1. The third-order valence-electron chi connectivity index (χ3n) is 4.17. The molecule has 0 aliphatic carbocycles. The minimum Gasteiger partial charge on any atom is -0.491 e. The number of benzene rings is 2. The highest BCUT2D eigenvalue weighted by Crippen LogP contribution is 2.35. The van der Waals surface area contributed by atoms with Gasteiger partial charge in [0, 0.05) is 17.9 Å². The molecule has 0 radical (unpaired) electrons. The molecule has 0 aliphatic rings. The molecular formula is C21H24N2O5. The third kappa shape index (κ3) is 5.98. The van der Waals surface area contributed by atoms with Crippen molar-refractivity contribution in [1.82, 2.24) is 0 Å². The molecule has 0 heterocycles. The Bertz CT molecular complexity index is 801. The fourth-order valence-corrected chi connectivity index (χ4v) is 2.73. The third-order valence-corrected chi connectivity index (χ3v) is 4.17. The van der Waals surface area contributed by atoms with Crippen LogP contribution in [-0.2, 0) is 4.74 Å². The summed E-state index contributed by atoms with van der Waals surface area (Å²) in [5.41, 5.74) is 1.65. The second-order valence-corrected chi connectivity index (χ2v) is 6.24. The summed E-state index contributed by atoms with van der Waals surface area (Å²) in [5, 5.41) is 29.8. The topological polar surface area (TPSA) is 112 Å². The molecule has 7 heteroatoms. The molecule has 0 saturated carbocycles. The first kappa shape index (κ1) is 21.2. The number of amides is 1. The van der Waals surface area contributed by atoms with Gasteiger partial charge < -0.3 is 19.7 Å². The Labute approximate surface area is 164 Å². The fourth-order valence-electron chi connectivity index (χ4n) is 2.73. The first-order chi connectivity index (χ1) is 13.6. The Morgan fingerprint density at radius 2 is 1.86 bits per heavy atom. The maximum atomic E-state index is 12.4. The lowest BCUT2D eigenvalue weighted by molar-refractivity contribution is 0.0641. The number of aliphatic hydroxyl groups is 2. The number of hydrogen-bond acceptors (Lipinski definition) is 6. The second-order valence-electron chi connectivity index (χ2n) is 6.24. The zero-order chi connectivity index (χ0) is 20.4. The minimum absolute atomic E-state index is 0.0437. The van der Waals surface area contributed by atoms with Gasteiger partial charge in [0.1, 0.15) is 18.5 Å². The minimum atomic E-state index is -0.656. The van der Waals surface area contributed by atoms with E-state index in [0.29, 0.717) is 29.0 Å². The van der Waals surface area contributed by atoms with Crippen LogP contribution in [0.15, 0.2) is 48.5 Å². The molecule has 2 atom stereocenters. The first-order valence-electron chi connectivity index (χ1n) is 9.00. The summed E-state index contributed by atoms with van der Waals surface area (Å²) in [6, 6.07) is 15.6. The van der Waals surface area contributed by atoms with Crippen molar-refractivity contribution in [3.8, 4) is 11.8 Å². The van der Waals surface area contributed by atoms with Gasteiger partial charge >= 0.3 is 6.09 Å². The van der Waals surface area contributed by atoms with Crippen molar-refractivity contribution in [2.75, 3.05) is 25.1 Å². The summed E-state index contributed by atoms with van der Waals surface area (Å²) < 4.78 is 11.2. The monoisotopic (exact) mass is 384 g/mol. The quantitative estimate of drug-likeness (QED) is 0.612. The lowest BCUT2D eigenvalue weighted by Gasteiger charge is -2.26. The number of nitriles is 1. The predicted octanol–water partition coefficient (Wildman–Crippen LogP) is 3.24. The molecule has 0 spiro atoms. The van der Waals surface area contributed by atoms with Gasteiger partial charge in [-0.15, -0.1) is 0 Å². The first-order valence-corrected chi connectivity index (χ1v) is 9.00. The van der Waals surface area contributed by atoms with Crippen molar-refractivity contribution < 1.29 is 24.5 Å². The van der Waals surface area contributed by atoms with Crippen LogP contribution in [0.25, 0.3) is 0 Å². The molecule has 28 heavy (non-hydrogen) atoms. The normalized spacial score (nSPS) is 12.5. The number of anilines is 1. The van der Waals surface area contributed by atoms with Crippen LogP contribution in [0.4, 0.5) is 10.5 Å². The molecule has 7 nitrogen and oxygen atoms in total. The van der Waals surface area contributed by atoms with Crippen molar-refractivity contribution in [2.24, 2.45) is 5.92 Å². The maximum Gasteiger partial charge on any atom is 0.412 e. The van der Waals surface area contributed by atoms with Crippen LogP contribution in [0.5, 0.6) is 5.75 Å². The number of aliphatic hydroxyl groups excluding tert-OH is 2. The average Bonchev–Trinajstić information content (AvgIpc) is 2.71. The van der Waals surface area contributed by atoms with Crippen molar-refractivity contribution >= 4 is 11.8 Å². The van der Waals surface area contributed by atoms with Gasteiger partial charge in [0.2, 0.25) is 0 Å². The number of carbonyl (C=O) groups excluding carboxylic acids is 1. The summed E-state index contributed by atoms with van der Waals surface area (Å²) in [7, 11) is 0.